The van der Waals surface area contributed by atoms with Gasteiger partial charge in [0.2, 0.25) is 0 Å². The van der Waals surface area contributed by atoms with Gasteiger partial charge in [0.25, 0.3) is 0 Å². The van der Waals surface area contributed by atoms with Crippen LogP contribution >= 0.6 is 15.9 Å². The van der Waals surface area contributed by atoms with Crippen LogP contribution in [0.4, 0.5) is 0 Å². The van der Waals surface area contributed by atoms with Crippen molar-refractivity contribution in [3.8, 4) is 0 Å². The van der Waals surface area contributed by atoms with Crippen LogP contribution in [0.15, 0.2) is 0 Å². The molecule has 0 aliphatic rings. The van der Waals surface area contributed by atoms with Crippen molar-refractivity contribution in [2.24, 2.45) is 0 Å². The second kappa shape index (κ2) is 30.1. The molecule has 0 N–H and O–H groups in total. The summed E-state index contributed by atoms with van der Waals surface area (Å²) in [5.74, 6) is -0.123. The number of halogens is 1. The summed E-state index contributed by atoms with van der Waals surface area (Å²) < 4.78 is 17.5. The first-order chi connectivity index (χ1) is 17.2. The van der Waals surface area contributed by atoms with E-state index in [1.54, 1.807) is 0 Å². The van der Waals surface area contributed by atoms with Crippen molar-refractivity contribution in [3.63, 3.8) is 0 Å². The summed E-state index contributed by atoms with van der Waals surface area (Å²) in [5.41, 5.74) is 0. The van der Waals surface area contributed by atoms with Crippen molar-refractivity contribution in [1.29, 1.82) is 0 Å². The molecule has 0 aromatic carbocycles. The van der Waals surface area contributed by atoms with Crippen LogP contribution in [0.5, 0.6) is 0 Å². The molecule has 0 heterocycles. The Kier molecular flexibility index (Phi) is 30.0. The molecule has 35 heavy (non-hydrogen) atoms. The first kappa shape index (κ1) is 34.9. The molecule has 0 aromatic rings. The minimum absolute atomic E-state index is 0.123. The number of hydrogen-bond acceptors (Lipinski definition) is 4. The molecule has 0 rings (SSSR count). The van der Waals surface area contributed by atoms with E-state index in [4.69, 9.17) is 14.2 Å². The van der Waals surface area contributed by atoms with Crippen LogP contribution in [0.1, 0.15) is 155 Å². The molecule has 0 aliphatic carbocycles. The van der Waals surface area contributed by atoms with Gasteiger partial charge in [0.1, 0.15) is 0 Å². The molecule has 0 saturated carbocycles. The Balaban J connectivity index is 4.02. The summed E-state index contributed by atoms with van der Waals surface area (Å²) in [5, 5.41) is 1.05. The van der Waals surface area contributed by atoms with Crippen molar-refractivity contribution in [1.82, 2.24) is 0 Å². The van der Waals surface area contributed by atoms with Gasteiger partial charge in [-0.1, -0.05) is 133 Å². The highest BCUT2D eigenvalue weighted by atomic mass is 79.9. The monoisotopic (exact) mass is 562 g/mol. The van der Waals surface area contributed by atoms with Crippen molar-refractivity contribution in [2.75, 3.05) is 25.2 Å². The molecule has 0 aliphatic heterocycles. The zero-order valence-electron chi connectivity index (χ0n) is 23.5. The highest BCUT2D eigenvalue weighted by Crippen LogP contribution is 2.13. The summed E-state index contributed by atoms with van der Waals surface area (Å²) in [7, 11) is 0. The van der Waals surface area contributed by atoms with Crippen LogP contribution in [-0.2, 0) is 19.0 Å². The van der Waals surface area contributed by atoms with E-state index in [0.717, 1.165) is 44.2 Å². The maximum atomic E-state index is 12.1. The fourth-order valence-corrected chi connectivity index (χ4v) is 4.56. The largest absolute Gasteiger partial charge is 0.466 e. The third-order valence-corrected chi connectivity index (χ3v) is 7.04. The molecular formula is C30H59BrO4. The van der Waals surface area contributed by atoms with Gasteiger partial charge < -0.3 is 14.2 Å². The Hall–Kier alpha value is -0.130. The number of rotatable bonds is 29. The lowest BCUT2D eigenvalue weighted by Crippen LogP contribution is -2.21. The Morgan fingerprint density at radius 2 is 0.971 bits per heavy atom. The van der Waals surface area contributed by atoms with E-state index in [1.807, 2.05) is 0 Å². The lowest BCUT2D eigenvalue weighted by Gasteiger charge is -2.18. The first-order valence-corrected chi connectivity index (χ1v) is 16.3. The molecule has 210 valence electrons. The number of hydrogen-bond donors (Lipinski definition) is 0. The second-order valence-electron chi connectivity index (χ2n) is 9.98. The van der Waals surface area contributed by atoms with Gasteiger partial charge in [-0.15, -0.1) is 0 Å². The fourth-order valence-electron chi connectivity index (χ4n) is 4.16. The molecule has 5 heteroatoms. The predicted octanol–water partition coefficient (Wildman–Crippen LogP) is 9.91. The number of carbonyl (C=O) groups excluding carboxylic acids is 1. The maximum Gasteiger partial charge on any atom is 0.305 e. The van der Waals surface area contributed by atoms with Crippen LogP contribution < -0.4 is 0 Å². The standard InChI is InChI=1S/C30H59BrO4/c1-3-5-7-9-11-13-16-21-27-34-30(35-28-22-17-14-12-10-8-6-4-2)24-23-29(32)33-26-20-18-15-19-25-31/h30H,3-28H2,1-2H3. The number of carbonyl (C=O) groups is 1. The van der Waals surface area contributed by atoms with E-state index in [2.05, 4.69) is 29.8 Å². The van der Waals surface area contributed by atoms with Crippen LogP contribution in [0.3, 0.4) is 0 Å². The van der Waals surface area contributed by atoms with E-state index in [1.165, 1.54) is 103 Å². The smallest absolute Gasteiger partial charge is 0.305 e. The zero-order chi connectivity index (χ0) is 25.7. The molecule has 4 nitrogen and oxygen atoms in total. The topological polar surface area (TPSA) is 44.8 Å². The summed E-state index contributed by atoms with van der Waals surface area (Å²) in [6, 6.07) is 0. The van der Waals surface area contributed by atoms with Crippen molar-refractivity contribution < 1.29 is 19.0 Å². The average molecular weight is 564 g/mol. The third-order valence-electron chi connectivity index (χ3n) is 6.48. The van der Waals surface area contributed by atoms with E-state index in [9.17, 15) is 4.79 Å². The van der Waals surface area contributed by atoms with E-state index < -0.39 is 0 Å². The highest BCUT2D eigenvalue weighted by Gasteiger charge is 2.13. The van der Waals surface area contributed by atoms with Gasteiger partial charge in [0, 0.05) is 25.0 Å². The minimum Gasteiger partial charge on any atom is -0.466 e. The van der Waals surface area contributed by atoms with Crippen LogP contribution in [0.2, 0.25) is 0 Å². The molecular weight excluding hydrogens is 504 g/mol. The quantitative estimate of drug-likeness (QED) is 0.0393. The molecule has 0 bridgehead atoms. The molecule has 0 fully saturated rings. The van der Waals surface area contributed by atoms with Gasteiger partial charge in [-0.3, -0.25) is 4.79 Å². The SMILES string of the molecule is CCCCCCCCCCOC(CCC(=O)OCCCCCCBr)OCCCCCCCCCC. The molecule has 0 amide bonds. The Bertz CT molecular complexity index is 397. The molecule has 0 saturated heterocycles. The number of ether oxygens (including phenoxy) is 3. The third kappa shape index (κ3) is 28.3. The highest BCUT2D eigenvalue weighted by molar-refractivity contribution is 9.09. The molecule has 0 spiro atoms. The summed E-state index contributed by atoms with van der Waals surface area (Å²) in [6.45, 7) is 6.50. The molecule has 0 unspecified atom stereocenters. The van der Waals surface area contributed by atoms with Crippen molar-refractivity contribution >= 4 is 21.9 Å². The molecule has 0 aromatic heterocycles. The van der Waals surface area contributed by atoms with Crippen molar-refractivity contribution in [3.05, 3.63) is 0 Å². The summed E-state index contributed by atoms with van der Waals surface area (Å²) in [6.07, 6.45) is 25.7. The van der Waals surface area contributed by atoms with Crippen LogP contribution in [0.25, 0.3) is 0 Å². The first-order valence-electron chi connectivity index (χ1n) is 15.2. The predicted molar refractivity (Wildman–Crippen MR) is 153 cm³/mol. The Morgan fingerprint density at radius 1 is 0.571 bits per heavy atom. The average Bonchev–Trinajstić information content (AvgIpc) is 2.86. The number of alkyl halides is 1. The van der Waals surface area contributed by atoms with Crippen molar-refractivity contribution in [2.45, 2.75) is 161 Å². The van der Waals surface area contributed by atoms with Gasteiger partial charge in [-0.05, 0) is 25.7 Å². The van der Waals surface area contributed by atoms with Gasteiger partial charge in [-0.2, -0.15) is 0 Å². The van der Waals surface area contributed by atoms with Gasteiger partial charge in [-0.25, -0.2) is 0 Å². The lowest BCUT2D eigenvalue weighted by molar-refractivity contribution is -0.159. The minimum atomic E-state index is -0.282. The Morgan fingerprint density at radius 3 is 1.43 bits per heavy atom. The van der Waals surface area contributed by atoms with Gasteiger partial charge in [0.05, 0.1) is 13.0 Å². The maximum absolute atomic E-state index is 12.1. The molecule has 0 radical (unpaired) electrons. The summed E-state index contributed by atoms with van der Waals surface area (Å²) >= 11 is 3.45. The Labute approximate surface area is 227 Å². The van der Waals surface area contributed by atoms with Gasteiger partial charge in [0.15, 0.2) is 6.29 Å². The number of unbranched alkanes of at least 4 members (excludes halogenated alkanes) is 17. The van der Waals surface area contributed by atoms with E-state index in [0.29, 0.717) is 19.4 Å². The molecule has 0 atom stereocenters. The van der Waals surface area contributed by atoms with E-state index in [-0.39, 0.29) is 12.3 Å². The van der Waals surface area contributed by atoms with E-state index >= 15 is 0 Å². The second-order valence-corrected chi connectivity index (χ2v) is 10.8. The lowest BCUT2D eigenvalue weighted by atomic mass is 10.1. The number of esters is 1. The zero-order valence-corrected chi connectivity index (χ0v) is 25.1. The van der Waals surface area contributed by atoms with Gasteiger partial charge >= 0.3 is 5.97 Å². The van der Waals surface area contributed by atoms with Crippen LogP contribution in [0, 0.1) is 0 Å². The fraction of sp³-hybridized carbons (Fsp3) is 0.967. The summed E-state index contributed by atoms with van der Waals surface area (Å²) in [4.78, 5) is 12.1. The normalized spacial score (nSPS) is 11.4. The van der Waals surface area contributed by atoms with Crippen LogP contribution in [-0.4, -0.2) is 37.4 Å².